The molecule has 3 aromatic carbocycles. The van der Waals surface area contributed by atoms with E-state index in [0.29, 0.717) is 22.6 Å². The van der Waals surface area contributed by atoms with E-state index in [-0.39, 0.29) is 24.6 Å². The fourth-order valence-corrected chi connectivity index (χ4v) is 12.3. The predicted octanol–water partition coefficient (Wildman–Crippen LogP) is 7.24. The number of amides is 3. The Balaban J connectivity index is 1.76. The number of nitrogens with one attached hydrogen (secondary N) is 1. The highest BCUT2D eigenvalue weighted by molar-refractivity contribution is 6.83. The van der Waals surface area contributed by atoms with Gasteiger partial charge >= 0.3 is 6.03 Å². The number of urea groups is 1. The van der Waals surface area contributed by atoms with E-state index in [0.717, 1.165) is 5.56 Å². The van der Waals surface area contributed by atoms with Gasteiger partial charge in [-0.25, -0.2) is 4.79 Å². The molecule has 2 unspecified atom stereocenters. The third-order valence-electron chi connectivity index (χ3n) is 14.2. The van der Waals surface area contributed by atoms with Gasteiger partial charge in [-0.1, -0.05) is 109 Å². The highest BCUT2D eigenvalue weighted by Gasteiger charge is 2.71. The molecule has 58 heavy (non-hydrogen) atoms. The number of carbonyl (C=O) groups excluding carboxylic acids is 2. The molecule has 13 heteroatoms. The molecule has 2 saturated heterocycles. The topological polar surface area (TPSA) is 147 Å². The van der Waals surface area contributed by atoms with Crippen LogP contribution < -0.4 is 14.8 Å². The average molecular weight is 835 g/mol. The number of hydrogen-bond acceptors (Lipinski definition) is 9. The Morgan fingerprint density at radius 3 is 1.74 bits per heavy atom. The monoisotopic (exact) mass is 834 g/mol. The summed E-state index contributed by atoms with van der Waals surface area (Å²) < 4.78 is 24.8. The maximum Gasteiger partial charge on any atom is 0.326 e. The summed E-state index contributed by atoms with van der Waals surface area (Å²) in [6.07, 6.45) is -3.11. The van der Waals surface area contributed by atoms with Crippen LogP contribution in [0.15, 0.2) is 78.9 Å². The lowest BCUT2D eigenvalue weighted by Crippen LogP contribution is -2.69. The minimum atomic E-state index is -3.06. The third kappa shape index (κ3) is 7.56. The number of ether oxygens (including phenoxy) is 3. The maximum absolute atomic E-state index is 14.1. The van der Waals surface area contributed by atoms with Crippen LogP contribution in [0.3, 0.4) is 0 Å². The van der Waals surface area contributed by atoms with Gasteiger partial charge in [-0.15, -0.1) is 0 Å². The van der Waals surface area contributed by atoms with Crippen molar-refractivity contribution < 1.29 is 43.5 Å². The second kappa shape index (κ2) is 15.8. The number of aliphatic hydroxyl groups is 3. The molecular formula is C45H66N2O9Si2. The van der Waals surface area contributed by atoms with Gasteiger partial charge < -0.3 is 34.0 Å². The summed E-state index contributed by atoms with van der Waals surface area (Å²) in [7, 11) is -2.21. The van der Waals surface area contributed by atoms with Crippen LogP contribution in [0.4, 0.5) is 4.79 Å². The Morgan fingerprint density at radius 1 is 0.828 bits per heavy atom. The summed E-state index contributed by atoms with van der Waals surface area (Å²) in [5.41, 5.74) is -2.36. The second-order valence-electron chi connectivity index (χ2n) is 19.6. The Hall–Kier alpha value is -3.57. The van der Waals surface area contributed by atoms with E-state index in [1.807, 2.05) is 78.9 Å². The van der Waals surface area contributed by atoms with Crippen molar-refractivity contribution in [3.63, 3.8) is 0 Å². The number of benzene rings is 3. The first-order valence-electron chi connectivity index (χ1n) is 20.1. The molecule has 0 radical (unpaired) electrons. The zero-order valence-electron chi connectivity index (χ0n) is 36.7. The normalized spacial score (nSPS) is 25.4. The predicted molar refractivity (Wildman–Crippen MR) is 231 cm³/mol. The molecule has 3 amide bonds. The van der Waals surface area contributed by atoms with Crippen LogP contribution in [0.2, 0.25) is 36.3 Å². The van der Waals surface area contributed by atoms with E-state index < -0.39 is 74.0 Å². The Kier molecular flexibility index (Phi) is 12.4. The molecule has 3 aromatic rings. The van der Waals surface area contributed by atoms with Crippen molar-refractivity contribution >= 4 is 28.3 Å². The lowest BCUT2D eigenvalue weighted by atomic mass is 9.64. The number of aliphatic hydroxyl groups excluding tert-OH is 2. The van der Waals surface area contributed by atoms with Crippen molar-refractivity contribution in [2.24, 2.45) is 5.41 Å². The van der Waals surface area contributed by atoms with Crippen LogP contribution in [-0.2, 0) is 19.4 Å². The molecular weight excluding hydrogens is 769 g/mol. The molecule has 0 bridgehead atoms. The van der Waals surface area contributed by atoms with Gasteiger partial charge in [0.1, 0.15) is 23.7 Å². The van der Waals surface area contributed by atoms with Gasteiger partial charge in [-0.05, 0) is 71.1 Å². The van der Waals surface area contributed by atoms with Crippen LogP contribution in [0.25, 0.3) is 0 Å². The van der Waals surface area contributed by atoms with E-state index in [4.69, 9.17) is 18.6 Å². The fraction of sp³-hybridized carbons (Fsp3) is 0.556. The minimum absolute atomic E-state index is 0.0330. The number of nitrogens with zero attached hydrogens (tertiary/aromatic N) is 1. The maximum atomic E-state index is 14.1. The number of rotatable bonds is 13. The summed E-state index contributed by atoms with van der Waals surface area (Å²) in [5.74, 6) is 0.752. The van der Waals surface area contributed by atoms with E-state index >= 15 is 0 Å². The van der Waals surface area contributed by atoms with Crippen LogP contribution in [-0.4, -0.2) is 106 Å². The smallest absolute Gasteiger partial charge is 0.326 e. The van der Waals surface area contributed by atoms with Crippen LogP contribution >= 0.6 is 0 Å². The quantitative estimate of drug-likeness (QED) is 0.103. The van der Waals surface area contributed by atoms with Gasteiger partial charge in [0, 0.05) is 19.6 Å². The molecule has 0 saturated carbocycles. The van der Waals surface area contributed by atoms with E-state index in [1.165, 1.54) is 4.90 Å². The lowest BCUT2D eigenvalue weighted by molar-refractivity contribution is -0.192. The number of hydrogen-bond donors (Lipinski definition) is 4. The first-order chi connectivity index (χ1) is 26.8. The zero-order valence-corrected chi connectivity index (χ0v) is 38.7. The highest BCUT2D eigenvalue weighted by Crippen LogP contribution is 2.57. The highest BCUT2D eigenvalue weighted by atomic mass is 28.4. The molecule has 5 atom stereocenters. The Bertz CT molecular complexity index is 1880. The van der Waals surface area contributed by atoms with Crippen molar-refractivity contribution in [1.29, 1.82) is 0 Å². The molecule has 2 aliphatic rings. The largest absolute Gasteiger partial charge is 0.497 e. The average Bonchev–Trinajstić information content (AvgIpc) is 3.50. The van der Waals surface area contributed by atoms with E-state index in [9.17, 15) is 24.9 Å². The molecule has 2 fully saturated rings. The van der Waals surface area contributed by atoms with Crippen LogP contribution in [0, 0.1) is 5.41 Å². The molecule has 2 heterocycles. The summed E-state index contributed by atoms with van der Waals surface area (Å²) in [4.78, 5) is 29.2. The molecule has 11 nitrogen and oxygen atoms in total. The van der Waals surface area contributed by atoms with Crippen LogP contribution in [0.5, 0.6) is 11.5 Å². The van der Waals surface area contributed by atoms with Gasteiger partial charge in [0.05, 0.1) is 45.0 Å². The van der Waals surface area contributed by atoms with Gasteiger partial charge in [0.25, 0.3) is 0 Å². The first kappa shape index (κ1) is 45.5. The summed E-state index contributed by atoms with van der Waals surface area (Å²) >= 11 is 0. The van der Waals surface area contributed by atoms with Gasteiger partial charge in [-0.3, -0.25) is 15.0 Å². The van der Waals surface area contributed by atoms with Crippen molar-refractivity contribution in [1.82, 2.24) is 10.2 Å². The minimum Gasteiger partial charge on any atom is -0.497 e. The first-order valence-corrected chi connectivity index (χ1v) is 26.0. The molecule has 0 aliphatic carbocycles. The summed E-state index contributed by atoms with van der Waals surface area (Å²) in [5, 5.41) is 39.1. The summed E-state index contributed by atoms with van der Waals surface area (Å²) in [6.45, 7) is 21.8. The Morgan fingerprint density at radius 2 is 1.31 bits per heavy atom. The Labute approximate surface area is 347 Å². The fourth-order valence-electron chi connectivity index (χ4n) is 8.24. The van der Waals surface area contributed by atoms with E-state index in [2.05, 4.69) is 73.0 Å². The van der Waals surface area contributed by atoms with Crippen molar-refractivity contribution in [2.45, 2.75) is 120 Å². The molecule has 0 aromatic heterocycles. The lowest BCUT2D eigenvalue weighted by Gasteiger charge is -2.52. The van der Waals surface area contributed by atoms with Crippen molar-refractivity contribution in [2.75, 3.05) is 34.0 Å². The molecule has 4 N–H and O–H groups in total. The van der Waals surface area contributed by atoms with Gasteiger partial charge in [0.2, 0.25) is 5.91 Å². The third-order valence-corrected chi connectivity index (χ3v) is 25.0. The number of imide groups is 1. The molecule has 0 spiro atoms. The zero-order chi connectivity index (χ0) is 43.3. The van der Waals surface area contributed by atoms with Gasteiger partial charge in [0.15, 0.2) is 14.0 Å². The van der Waals surface area contributed by atoms with Crippen molar-refractivity contribution in [3.8, 4) is 11.5 Å². The van der Waals surface area contributed by atoms with Crippen LogP contribution in [0.1, 0.15) is 71.6 Å². The SMILES string of the molecule is COc1ccc(C(c2ccccc2)(c2ccc(OC)cc2)C(O)[C@H]2O[C@@](CO)(N3CC(C)(CO[Si](C)(C)C(C)(C)C)C(=O)NC3=O)C[C@@]2(O)[Si](C)(C)C(C)(C)C)cc1. The van der Waals surface area contributed by atoms with E-state index in [1.54, 1.807) is 21.1 Å². The standard InChI is InChI=1S/C45H66N2O9Si2/c1-40(2,3)57(10,11)44(52)27-43(29-48,47-28-42(7,38(50)46-39(47)51)30-55-58(12,13)41(4,5)6)56-37(44)36(49)45(31-17-15-14-16-18-31,32-19-23-34(53-8)24-20-32)33-21-25-35(54-9)26-22-33/h14-26,36-37,48-49,52H,27-30H2,1-13H3,(H,46,50,51)/t36?,37-,42?,43+,44-/m1/s1. The summed E-state index contributed by atoms with van der Waals surface area (Å²) in [6, 6.07) is 23.8. The molecule has 5 rings (SSSR count). The van der Waals surface area contributed by atoms with Gasteiger partial charge in [-0.2, -0.15) is 0 Å². The molecule has 2 aliphatic heterocycles. The number of carbonyl (C=O) groups is 2. The second-order valence-corrected chi connectivity index (χ2v) is 30.1. The van der Waals surface area contributed by atoms with Crippen molar-refractivity contribution in [3.05, 3.63) is 95.6 Å². The molecule has 318 valence electrons. The number of methoxy groups -OCH3 is 2.